The first-order valence-corrected chi connectivity index (χ1v) is 19.7. The molecule has 8 atom stereocenters. The number of allylic oxidation sites excluding steroid dienone is 1. The number of para-hydroxylation sites is 1. The summed E-state index contributed by atoms with van der Waals surface area (Å²) in [5.74, 6) is 6.28. The second-order valence-electron chi connectivity index (χ2n) is 16.0. The van der Waals surface area contributed by atoms with Crippen molar-refractivity contribution in [1.82, 2.24) is 4.98 Å². The number of methoxy groups -OCH3 is 2. The number of carbonyl (C=O) groups is 2. The number of hydrogen-bond acceptors (Lipinski definition) is 9. The number of benzene rings is 3. The van der Waals surface area contributed by atoms with Gasteiger partial charge in [-0.2, -0.15) is 0 Å². The second-order valence-corrected chi connectivity index (χ2v) is 16.0. The summed E-state index contributed by atoms with van der Waals surface area (Å²) in [6.07, 6.45) is 3.80. The summed E-state index contributed by atoms with van der Waals surface area (Å²) < 4.78 is 16.9. The SMILES string of the molecule is COc1cc(CC(O)C2CC(=O)CC3c4cc(OC)c(O)cc4C(=CC4CCC5CC(O)CCC5C43)c3[nH]c4ccccc4c3CC#CCC(=O)O2)ccc1O. The van der Waals surface area contributed by atoms with E-state index in [2.05, 4.69) is 29.0 Å². The lowest BCUT2D eigenvalue weighted by atomic mass is 9.56. The van der Waals surface area contributed by atoms with Crippen molar-refractivity contribution in [3.63, 3.8) is 0 Å². The van der Waals surface area contributed by atoms with E-state index in [0.717, 1.165) is 64.5 Å². The standard InChI is InChI=1S/C46H49NO9/c1-54-41-18-25(11-16-38(41)50)17-39(51)43-22-29(49)21-35-34-24-42(55-2)40(52)23-33(34)36(20-27-13-12-26-19-28(48)14-15-30(26)45(27)35)46-32(8-4-6-10-44(53)56-43)31-7-3-5-9-37(31)47-46/h3,5,7,9,11,16,18,20,23-24,26-28,30,35,39,43,45,47-48,50-52H,8,10,12-15,17,19,21-22H2,1-2H3. The van der Waals surface area contributed by atoms with Crippen LogP contribution in [0.2, 0.25) is 0 Å². The average molecular weight is 760 g/mol. The third-order valence-corrected chi connectivity index (χ3v) is 12.7. The molecule has 1 aliphatic heterocycles. The van der Waals surface area contributed by atoms with Crippen molar-refractivity contribution in [2.45, 2.75) is 88.4 Å². The van der Waals surface area contributed by atoms with Gasteiger partial charge in [0.25, 0.3) is 0 Å². The number of aromatic hydroxyl groups is 2. The monoisotopic (exact) mass is 759 g/mol. The summed E-state index contributed by atoms with van der Waals surface area (Å²) in [7, 11) is 2.96. The molecule has 8 unspecified atom stereocenters. The number of ketones is 1. The highest BCUT2D eigenvalue weighted by atomic mass is 16.6. The fourth-order valence-corrected chi connectivity index (χ4v) is 10.2. The molecule has 292 valence electrons. The summed E-state index contributed by atoms with van der Waals surface area (Å²) in [4.78, 5) is 31.6. The number of carbonyl (C=O) groups excluding carboxylic acids is 2. The highest BCUT2D eigenvalue weighted by Crippen LogP contribution is 2.57. The Labute approximate surface area is 326 Å². The predicted molar refractivity (Wildman–Crippen MR) is 210 cm³/mol. The van der Waals surface area contributed by atoms with Crippen LogP contribution in [0.1, 0.15) is 85.2 Å². The van der Waals surface area contributed by atoms with Crippen molar-refractivity contribution >= 4 is 28.2 Å². The van der Waals surface area contributed by atoms with Gasteiger partial charge in [0.05, 0.1) is 32.1 Å². The van der Waals surface area contributed by atoms with Gasteiger partial charge in [0.15, 0.2) is 23.0 Å². The van der Waals surface area contributed by atoms with Gasteiger partial charge >= 0.3 is 5.97 Å². The first-order chi connectivity index (χ1) is 27.1. The smallest absolute Gasteiger partial charge is 0.318 e. The van der Waals surface area contributed by atoms with Crippen LogP contribution >= 0.6 is 0 Å². The van der Waals surface area contributed by atoms with Gasteiger partial charge in [-0.05, 0) is 114 Å². The maximum absolute atomic E-state index is 14.6. The van der Waals surface area contributed by atoms with Gasteiger partial charge in [-0.1, -0.05) is 42.2 Å². The van der Waals surface area contributed by atoms with Crippen molar-refractivity contribution in [2.24, 2.45) is 23.7 Å². The van der Waals surface area contributed by atoms with Crippen LogP contribution in [-0.4, -0.2) is 69.7 Å². The first-order valence-electron chi connectivity index (χ1n) is 19.7. The molecule has 56 heavy (non-hydrogen) atoms. The zero-order chi connectivity index (χ0) is 39.1. The Balaban J connectivity index is 1.28. The van der Waals surface area contributed by atoms with Gasteiger partial charge in [0.1, 0.15) is 18.3 Å². The minimum Gasteiger partial charge on any atom is -0.504 e. The number of fused-ring (bicyclic) bond motifs is 8. The Kier molecular flexibility index (Phi) is 10.6. The largest absolute Gasteiger partial charge is 0.504 e. The lowest BCUT2D eigenvalue weighted by molar-refractivity contribution is -0.155. The zero-order valence-electron chi connectivity index (χ0n) is 31.8. The van der Waals surface area contributed by atoms with Crippen LogP contribution in [0.5, 0.6) is 23.0 Å². The van der Waals surface area contributed by atoms with E-state index >= 15 is 0 Å². The molecule has 5 N–H and O–H groups in total. The number of phenols is 2. The minimum absolute atomic E-state index is 0.00131. The molecule has 10 nitrogen and oxygen atoms in total. The van der Waals surface area contributed by atoms with Crippen LogP contribution in [0.3, 0.4) is 0 Å². The normalized spacial score (nSPS) is 26.9. The fraction of sp³-hybridized carbons (Fsp3) is 0.435. The lowest BCUT2D eigenvalue weighted by Gasteiger charge is -2.49. The molecule has 2 fully saturated rings. The van der Waals surface area contributed by atoms with Crippen molar-refractivity contribution < 1.29 is 44.2 Å². The summed E-state index contributed by atoms with van der Waals surface area (Å²) >= 11 is 0. The molecule has 0 radical (unpaired) electrons. The number of phenolic OH excluding ortho intramolecular Hbond substituents is 2. The van der Waals surface area contributed by atoms with Gasteiger partial charge in [-0.15, -0.1) is 0 Å². The second kappa shape index (κ2) is 15.7. The van der Waals surface area contributed by atoms with E-state index < -0.39 is 18.2 Å². The molecule has 4 aliphatic rings. The van der Waals surface area contributed by atoms with Gasteiger partial charge in [0.2, 0.25) is 0 Å². The van der Waals surface area contributed by atoms with Gasteiger partial charge < -0.3 is 39.6 Å². The highest BCUT2D eigenvalue weighted by molar-refractivity contribution is 5.94. The average Bonchev–Trinajstić information content (AvgIpc) is 3.49. The number of aromatic nitrogens is 1. The molecular formula is C46H49NO9. The number of cyclic esters (lactones) is 1. The number of nitrogens with one attached hydrogen (secondary N) is 1. The Morgan fingerprint density at radius 3 is 2.52 bits per heavy atom. The number of Topliss-reactive ketones (excluding diaryl/α,β-unsaturated/α-hetero) is 1. The molecule has 3 aromatic carbocycles. The topological polar surface area (TPSA) is 159 Å². The van der Waals surface area contributed by atoms with Gasteiger partial charge in [-0.25, -0.2) is 0 Å². The van der Waals surface area contributed by atoms with E-state index in [1.165, 1.54) is 20.3 Å². The quantitative estimate of drug-likeness (QED) is 0.110. The summed E-state index contributed by atoms with van der Waals surface area (Å²) in [6.45, 7) is 0. The highest BCUT2D eigenvalue weighted by Gasteiger charge is 2.48. The number of ether oxygens (including phenoxy) is 3. The lowest BCUT2D eigenvalue weighted by Crippen LogP contribution is -2.42. The Bertz CT molecular complexity index is 2240. The van der Waals surface area contributed by atoms with Crippen LogP contribution in [0.4, 0.5) is 0 Å². The minimum atomic E-state index is -1.24. The Hall–Kier alpha value is -5.24. The number of rotatable bonds is 5. The van der Waals surface area contributed by atoms with Crippen LogP contribution in [0.25, 0.3) is 16.5 Å². The number of hydrogen-bond donors (Lipinski definition) is 5. The fourth-order valence-electron chi connectivity index (χ4n) is 10.2. The molecule has 2 bridgehead atoms. The number of H-pyrrole nitrogens is 1. The van der Waals surface area contributed by atoms with E-state index in [1.807, 2.05) is 24.3 Å². The summed E-state index contributed by atoms with van der Waals surface area (Å²) in [5.41, 5.74) is 6.09. The third-order valence-electron chi connectivity index (χ3n) is 12.7. The molecule has 2 heterocycles. The van der Waals surface area contributed by atoms with Crippen molar-refractivity contribution in [1.29, 1.82) is 0 Å². The maximum Gasteiger partial charge on any atom is 0.318 e. The summed E-state index contributed by atoms with van der Waals surface area (Å²) in [6, 6.07) is 16.4. The van der Waals surface area contributed by atoms with E-state index in [-0.39, 0.29) is 78.5 Å². The Morgan fingerprint density at radius 1 is 0.911 bits per heavy atom. The van der Waals surface area contributed by atoms with Crippen molar-refractivity contribution in [2.75, 3.05) is 14.2 Å². The van der Waals surface area contributed by atoms with Crippen LogP contribution < -0.4 is 9.47 Å². The number of aliphatic hydroxyl groups excluding tert-OH is 2. The molecule has 0 amide bonds. The zero-order valence-corrected chi connectivity index (χ0v) is 31.8. The first kappa shape index (κ1) is 37.7. The van der Waals surface area contributed by atoms with Crippen molar-refractivity contribution in [3.8, 4) is 34.8 Å². The van der Waals surface area contributed by atoms with Crippen molar-refractivity contribution in [3.05, 3.63) is 88.6 Å². The molecule has 0 spiro atoms. The Morgan fingerprint density at radius 2 is 1.70 bits per heavy atom. The maximum atomic E-state index is 14.6. The van der Waals surface area contributed by atoms with Gasteiger partial charge in [-0.3, -0.25) is 9.59 Å². The van der Waals surface area contributed by atoms with Crippen LogP contribution in [-0.2, 0) is 27.2 Å². The summed E-state index contributed by atoms with van der Waals surface area (Å²) in [5, 5.41) is 44.9. The molecular weight excluding hydrogens is 711 g/mol. The molecule has 3 aliphatic carbocycles. The molecule has 1 aromatic heterocycles. The molecule has 2 saturated carbocycles. The number of esters is 1. The number of aromatic amines is 1. The molecule has 0 saturated heterocycles. The van der Waals surface area contributed by atoms with E-state index in [4.69, 9.17) is 14.2 Å². The molecule has 10 heteroatoms. The van der Waals surface area contributed by atoms with E-state index in [0.29, 0.717) is 30.1 Å². The predicted octanol–water partition coefficient (Wildman–Crippen LogP) is 6.74. The van der Waals surface area contributed by atoms with Crippen LogP contribution in [0.15, 0.2) is 60.7 Å². The third kappa shape index (κ3) is 7.26. The van der Waals surface area contributed by atoms with Crippen LogP contribution in [0, 0.1) is 35.5 Å². The number of aliphatic hydroxyl groups is 2. The molecule has 8 rings (SSSR count). The van der Waals surface area contributed by atoms with Gasteiger partial charge in [0, 0.05) is 42.2 Å². The van der Waals surface area contributed by atoms with E-state index in [9.17, 15) is 30.0 Å². The molecule has 4 aromatic rings. The van der Waals surface area contributed by atoms with E-state index in [1.54, 1.807) is 18.2 Å².